The van der Waals surface area contributed by atoms with Gasteiger partial charge in [-0.1, -0.05) is 13.8 Å². The van der Waals surface area contributed by atoms with Crippen LogP contribution in [0, 0.1) is 5.92 Å². The van der Waals surface area contributed by atoms with E-state index in [4.69, 9.17) is 0 Å². The highest BCUT2D eigenvalue weighted by molar-refractivity contribution is 5.77. The Morgan fingerprint density at radius 1 is 1.33 bits per heavy atom. The van der Waals surface area contributed by atoms with Crippen LogP contribution in [0.1, 0.15) is 39.5 Å². The predicted molar refractivity (Wildman–Crippen MR) is 47.7 cm³/mol. The summed E-state index contributed by atoms with van der Waals surface area (Å²) < 4.78 is 0. The molecule has 0 aromatic rings. The summed E-state index contributed by atoms with van der Waals surface area (Å²) >= 11 is 0. The van der Waals surface area contributed by atoms with Gasteiger partial charge in [0.2, 0.25) is 5.91 Å². The second kappa shape index (κ2) is 2.75. The zero-order valence-electron chi connectivity index (χ0n) is 7.92. The molecule has 68 valence electrons. The van der Waals surface area contributed by atoms with Gasteiger partial charge in [0.25, 0.3) is 0 Å². The molecule has 0 N–H and O–H groups in total. The van der Waals surface area contributed by atoms with Crippen molar-refractivity contribution in [1.82, 2.24) is 4.90 Å². The van der Waals surface area contributed by atoms with E-state index in [0.717, 1.165) is 5.92 Å². The highest BCUT2D eigenvalue weighted by Crippen LogP contribution is 2.41. The van der Waals surface area contributed by atoms with Gasteiger partial charge in [-0.15, -0.1) is 0 Å². The zero-order chi connectivity index (χ0) is 8.72. The van der Waals surface area contributed by atoms with E-state index in [2.05, 4.69) is 11.8 Å². The molecular weight excluding hydrogens is 150 g/mol. The maximum atomic E-state index is 11.4. The monoisotopic (exact) mass is 167 g/mol. The van der Waals surface area contributed by atoms with E-state index in [1.54, 1.807) is 0 Å². The van der Waals surface area contributed by atoms with Crippen LogP contribution in [-0.2, 0) is 4.79 Å². The van der Waals surface area contributed by atoms with Crippen LogP contribution in [0.5, 0.6) is 0 Å². The van der Waals surface area contributed by atoms with Crippen molar-refractivity contribution >= 4 is 5.91 Å². The van der Waals surface area contributed by atoms with Gasteiger partial charge in [0, 0.05) is 18.5 Å². The highest BCUT2D eigenvalue weighted by Gasteiger charge is 2.45. The molecule has 1 aliphatic carbocycles. The van der Waals surface area contributed by atoms with Gasteiger partial charge in [-0.3, -0.25) is 4.79 Å². The van der Waals surface area contributed by atoms with Gasteiger partial charge in [-0.25, -0.2) is 0 Å². The minimum atomic E-state index is 0.364. The largest absolute Gasteiger partial charge is 0.337 e. The Morgan fingerprint density at radius 3 is 2.42 bits per heavy atom. The van der Waals surface area contributed by atoms with E-state index >= 15 is 0 Å². The highest BCUT2D eigenvalue weighted by atomic mass is 16.2. The molecule has 0 aromatic heterocycles. The second-order valence-corrected chi connectivity index (χ2v) is 4.27. The number of rotatable bonds is 1. The van der Waals surface area contributed by atoms with Crippen molar-refractivity contribution in [1.29, 1.82) is 0 Å². The number of carbonyl (C=O) groups excluding carboxylic acids is 1. The molecule has 0 aromatic carbocycles. The van der Waals surface area contributed by atoms with Crippen molar-refractivity contribution in [3.8, 4) is 0 Å². The maximum absolute atomic E-state index is 11.4. The molecular formula is C10H17NO. The molecule has 2 nitrogen and oxygen atoms in total. The van der Waals surface area contributed by atoms with Gasteiger partial charge in [0.1, 0.15) is 0 Å². The molecule has 1 saturated carbocycles. The lowest BCUT2D eigenvalue weighted by molar-refractivity contribution is -0.151. The topological polar surface area (TPSA) is 20.3 Å². The Hall–Kier alpha value is -0.530. The summed E-state index contributed by atoms with van der Waals surface area (Å²) in [5.74, 6) is 1.21. The first-order valence-electron chi connectivity index (χ1n) is 5.03. The van der Waals surface area contributed by atoms with E-state index in [1.165, 1.54) is 19.3 Å². The zero-order valence-corrected chi connectivity index (χ0v) is 7.92. The van der Waals surface area contributed by atoms with E-state index in [9.17, 15) is 4.79 Å². The summed E-state index contributed by atoms with van der Waals surface area (Å²) in [6.45, 7) is 4.26. The lowest BCUT2D eigenvalue weighted by Crippen LogP contribution is -2.62. The Bertz CT molecular complexity index is 190. The fourth-order valence-corrected chi connectivity index (χ4v) is 2.74. The molecule has 2 bridgehead atoms. The average molecular weight is 167 g/mol. The summed E-state index contributed by atoms with van der Waals surface area (Å²) in [4.78, 5) is 13.6. The van der Waals surface area contributed by atoms with Crippen molar-refractivity contribution < 1.29 is 4.79 Å². The van der Waals surface area contributed by atoms with Crippen molar-refractivity contribution in [3.63, 3.8) is 0 Å². The second-order valence-electron chi connectivity index (χ2n) is 4.27. The fraction of sp³-hybridized carbons (Fsp3) is 0.900. The molecule has 1 amide bonds. The minimum absolute atomic E-state index is 0.364. The third kappa shape index (κ3) is 1.05. The Labute approximate surface area is 73.9 Å². The lowest BCUT2D eigenvalue weighted by Gasteiger charge is -2.55. The minimum Gasteiger partial charge on any atom is -0.337 e. The Balaban J connectivity index is 2.00. The smallest absolute Gasteiger partial charge is 0.222 e. The summed E-state index contributed by atoms with van der Waals surface area (Å²) in [6, 6.07) is 1.21. The standard InChI is InChI=1S/C10H17NO/c1-3-10(12)11-8-4-7(2)5-9(11)6-8/h7-9H,3-6H2,1-2H3/t7?,8-,9+. The number of hydrogen-bond acceptors (Lipinski definition) is 1. The van der Waals surface area contributed by atoms with Gasteiger partial charge in [0.05, 0.1) is 0 Å². The van der Waals surface area contributed by atoms with Crippen LogP contribution in [0.25, 0.3) is 0 Å². The molecule has 2 saturated heterocycles. The molecule has 3 atom stereocenters. The molecule has 3 rings (SSSR count). The quantitative estimate of drug-likeness (QED) is 0.583. The SMILES string of the molecule is CCC(=O)N1[C@@H]2CC(C)C[C@H]1C2. The first-order chi connectivity index (χ1) is 5.72. The van der Waals surface area contributed by atoms with Crippen LogP contribution in [0.4, 0.5) is 0 Å². The summed E-state index contributed by atoms with van der Waals surface area (Å²) in [7, 11) is 0. The van der Waals surface area contributed by atoms with Gasteiger partial charge < -0.3 is 4.90 Å². The molecule has 3 aliphatic rings. The van der Waals surface area contributed by atoms with E-state index in [-0.39, 0.29) is 0 Å². The molecule has 2 heterocycles. The molecule has 12 heavy (non-hydrogen) atoms. The number of carbonyl (C=O) groups is 1. The number of fused-ring (bicyclic) bond motifs is 2. The summed E-state index contributed by atoms with van der Waals surface area (Å²) in [5.41, 5.74) is 0. The molecule has 1 unspecified atom stereocenters. The maximum Gasteiger partial charge on any atom is 0.222 e. The van der Waals surface area contributed by atoms with E-state index in [0.29, 0.717) is 24.4 Å². The van der Waals surface area contributed by atoms with Crippen molar-refractivity contribution in [3.05, 3.63) is 0 Å². The van der Waals surface area contributed by atoms with Crippen LogP contribution >= 0.6 is 0 Å². The number of hydrogen-bond donors (Lipinski definition) is 0. The van der Waals surface area contributed by atoms with E-state index in [1.807, 2.05) is 6.92 Å². The van der Waals surface area contributed by atoms with Crippen molar-refractivity contribution in [2.45, 2.75) is 51.6 Å². The van der Waals surface area contributed by atoms with Crippen LogP contribution < -0.4 is 0 Å². The third-order valence-corrected chi connectivity index (χ3v) is 3.27. The first-order valence-corrected chi connectivity index (χ1v) is 5.03. The number of piperidine rings is 1. The molecule has 0 radical (unpaired) electrons. The Morgan fingerprint density at radius 2 is 1.92 bits per heavy atom. The third-order valence-electron chi connectivity index (χ3n) is 3.27. The first kappa shape index (κ1) is 8.09. The Kier molecular flexibility index (Phi) is 1.85. The van der Waals surface area contributed by atoms with Crippen LogP contribution in [0.3, 0.4) is 0 Å². The molecule has 2 aliphatic heterocycles. The van der Waals surface area contributed by atoms with Gasteiger partial charge in [-0.05, 0) is 25.2 Å². The summed E-state index contributed by atoms with van der Waals surface area (Å²) in [6.07, 6.45) is 4.43. The number of amides is 1. The van der Waals surface area contributed by atoms with Crippen molar-refractivity contribution in [2.75, 3.05) is 0 Å². The van der Waals surface area contributed by atoms with Crippen molar-refractivity contribution in [2.24, 2.45) is 5.92 Å². The van der Waals surface area contributed by atoms with Gasteiger partial charge in [-0.2, -0.15) is 0 Å². The van der Waals surface area contributed by atoms with Crippen LogP contribution in [-0.4, -0.2) is 22.9 Å². The predicted octanol–water partition coefficient (Wildman–Crippen LogP) is 1.80. The lowest BCUT2D eigenvalue weighted by atomic mass is 9.74. The molecule has 0 spiro atoms. The van der Waals surface area contributed by atoms with Crippen LogP contribution in [0.15, 0.2) is 0 Å². The van der Waals surface area contributed by atoms with Gasteiger partial charge in [0.15, 0.2) is 0 Å². The average Bonchev–Trinajstić information content (AvgIpc) is 2.03. The summed E-state index contributed by atoms with van der Waals surface area (Å²) in [5, 5.41) is 0. The number of nitrogens with zero attached hydrogens (tertiary/aromatic N) is 1. The fourth-order valence-electron chi connectivity index (χ4n) is 2.74. The normalized spacial score (nSPS) is 39.2. The van der Waals surface area contributed by atoms with E-state index < -0.39 is 0 Å². The molecule has 3 fully saturated rings. The molecule has 2 heteroatoms. The van der Waals surface area contributed by atoms with Gasteiger partial charge >= 0.3 is 0 Å². The van der Waals surface area contributed by atoms with Crippen LogP contribution in [0.2, 0.25) is 0 Å².